The van der Waals surface area contributed by atoms with Gasteiger partial charge in [-0.15, -0.1) is 0 Å². The lowest BCUT2D eigenvalue weighted by Gasteiger charge is -2.43. The third-order valence-corrected chi connectivity index (χ3v) is 4.13. The van der Waals surface area contributed by atoms with E-state index in [1.807, 2.05) is 11.8 Å². The molecule has 2 aliphatic heterocycles. The molecule has 2 fully saturated rings. The fourth-order valence-corrected chi connectivity index (χ4v) is 3.22. The van der Waals surface area contributed by atoms with Gasteiger partial charge in [-0.2, -0.15) is 5.10 Å². The van der Waals surface area contributed by atoms with Crippen molar-refractivity contribution in [2.45, 2.75) is 31.8 Å². The lowest BCUT2D eigenvalue weighted by Crippen LogP contribution is -2.56. The molecule has 0 aromatic carbocycles. The summed E-state index contributed by atoms with van der Waals surface area (Å²) in [6.07, 6.45) is 3.03. The number of urea groups is 1. The molecule has 7 heteroatoms. The van der Waals surface area contributed by atoms with E-state index in [2.05, 4.69) is 10.2 Å². The van der Waals surface area contributed by atoms with Crippen molar-refractivity contribution in [3.8, 4) is 0 Å². The molecule has 1 aromatic rings. The molecule has 2 unspecified atom stereocenters. The summed E-state index contributed by atoms with van der Waals surface area (Å²) in [7, 11) is 0. The monoisotopic (exact) mass is 263 g/mol. The zero-order valence-electron chi connectivity index (χ0n) is 10.8. The Morgan fingerprint density at radius 2 is 2.32 bits per heavy atom. The fourth-order valence-electron chi connectivity index (χ4n) is 3.22. The molecule has 19 heavy (non-hydrogen) atoms. The van der Waals surface area contributed by atoms with Crippen LogP contribution in [0.25, 0.3) is 0 Å². The van der Waals surface area contributed by atoms with Crippen molar-refractivity contribution in [1.29, 1.82) is 0 Å². The first-order valence-corrected chi connectivity index (χ1v) is 6.45. The number of rotatable bonds is 1. The topological polar surface area (TPSA) is 95.3 Å². The molecule has 3 heterocycles. The molecule has 0 saturated carbocycles. The molecule has 2 aliphatic rings. The minimum Gasteiger partial charge on any atom is -0.351 e. The number of amides is 3. The van der Waals surface area contributed by atoms with E-state index in [1.54, 1.807) is 11.1 Å². The Kier molecular flexibility index (Phi) is 2.69. The van der Waals surface area contributed by atoms with Crippen LogP contribution in [-0.4, -0.2) is 51.1 Å². The summed E-state index contributed by atoms with van der Waals surface area (Å²) in [6, 6.07) is -0.605. The van der Waals surface area contributed by atoms with Crippen LogP contribution in [0.1, 0.15) is 30.1 Å². The van der Waals surface area contributed by atoms with E-state index in [-0.39, 0.29) is 18.0 Å². The molecule has 2 atom stereocenters. The summed E-state index contributed by atoms with van der Waals surface area (Å²) < 4.78 is 0. The van der Waals surface area contributed by atoms with E-state index in [0.29, 0.717) is 19.5 Å². The van der Waals surface area contributed by atoms with Crippen LogP contribution in [0, 0.1) is 6.92 Å². The number of aromatic nitrogens is 2. The van der Waals surface area contributed by atoms with Gasteiger partial charge in [-0.25, -0.2) is 4.79 Å². The van der Waals surface area contributed by atoms with Gasteiger partial charge in [0.25, 0.3) is 0 Å². The van der Waals surface area contributed by atoms with Crippen molar-refractivity contribution in [3.05, 3.63) is 17.5 Å². The van der Waals surface area contributed by atoms with E-state index >= 15 is 0 Å². The average molecular weight is 263 g/mol. The van der Waals surface area contributed by atoms with Gasteiger partial charge in [-0.1, -0.05) is 0 Å². The Labute approximate surface area is 110 Å². The van der Waals surface area contributed by atoms with E-state index in [4.69, 9.17) is 5.73 Å². The summed E-state index contributed by atoms with van der Waals surface area (Å²) in [4.78, 5) is 27.0. The van der Waals surface area contributed by atoms with Gasteiger partial charge >= 0.3 is 6.03 Å². The maximum Gasteiger partial charge on any atom is 0.315 e. The number of carbonyl (C=O) groups is 2. The van der Waals surface area contributed by atoms with Gasteiger partial charge < -0.3 is 15.5 Å². The standard InChI is InChI=1S/C12H17N5O2/c1-7-8(6-14-15-7)11-9-2-3-10(18)16(9)4-5-17(11)12(13)19/h6,9,11H,2-5H2,1H3,(H2,13,19)(H,14,15). The first kappa shape index (κ1) is 12.0. The van der Waals surface area contributed by atoms with E-state index in [9.17, 15) is 9.59 Å². The van der Waals surface area contributed by atoms with Crippen LogP contribution >= 0.6 is 0 Å². The van der Waals surface area contributed by atoms with Crippen molar-refractivity contribution < 1.29 is 9.59 Å². The number of primary amides is 1. The van der Waals surface area contributed by atoms with Crippen LogP contribution in [0.4, 0.5) is 4.79 Å². The fraction of sp³-hybridized carbons (Fsp3) is 0.583. The summed E-state index contributed by atoms with van der Waals surface area (Å²) in [5.74, 6) is 0.167. The minimum atomic E-state index is -0.440. The van der Waals surface area contributed by atoms with Gasteiger partial charge in [0.15, 0.2) is 0 Å². The number of aromatic amines is 1. The lowest BCUT2D eigenvalue weighted by molar-refractivity contribution is -0.131. The summed E-state index contributed by atoms with van der Waals surface area (Å²) in [5.41, 5.74) is 7.35. The molecule has 0 aliphatic carbocycles. The zero-order chi connectivity index (χ0) is 13.6. The van der Waals surface area contributed by atoms with Gasteiger partial charge in [-0.3, -0.25) is 9.89 Å². The summed E-state index contributed by atoms with van der Waals surface area (Å²) in [6.45, 7) is 2.96. The number of aryl methyl sites for hydroxylation is 1. The minimum absolute atomic E-state index is 0.0186. The van der Waals surface area contributed by atoms with Crippen molar-refractivity contribution in [1.82, 2.24) is 20.0 Å². The Morgan fingerprint density at radius 1 is 1.53 bits per heavy atom. The predicted molar refractivity (Wildman–Crippen MR) is 67.1 cm³/mol. The van der Waals surface area contributed by atoms with Crippen LogP contribution in [-0.2, 0) is 4.79 Å². The van der Waals surface area contributed by atoms with Crippen LogP contribution in [0.15, 0.2) is 6.20 Å². The number of H-pyrrole nitrogens is 1. The highest BCUT2D eigenvalue weighted by atomic mass is 16.2. The third-order valence-electron chi connectivity index (χ3n) is 4.13. The number of nitrogens with two attached hydrogens (primary N) is 1. The van der Waals surface area contributed by atoms with Gasteiger partial charge in [0, 0.05) is 30.8 Å². The number of piperazine rings is 1. The second-order valence-electron chi connectivity index (χ2n) is 5.12. The normalized spacial score (nSPS) is 26.7. The van der Waals surface area contributed by atoms with Crippen molar-refractivity contribution in [2.75, 3.05) is 13.1 Å². The molecule has 3 rings (SSSR count). The largest absolute Gasteiger partial charge is 0.351 e. The molecular weight excluding hydrogens is 246 g/mol. The molecular formula is C12H17N5O2. The first-order chi connectivity index (χ1) is 9.09. The highest BCUT2D eigenvalue weighted by Crippen LogP contribution is 2.37. The number of fused-ring (bicyclic) bond motifs is 1. The number of hydrogen-bond acceptors (Lipinski definition) is 3. The molecule has 2 saturated heterocycles. The van der Waals surface area contributed by atoms with Crippen LogP contribution in [0.2, 0.25) is 0 Å². The maximum atomic E-state index is 11.9. The van der Waals surface area contributed by atoms with Crippen LogP contribution in [0.5, 0.6) is 0 Å². The highest BCUT2D eigenvalue weighted by molar-refractivity contribution is 5.80. The molecule has 1 aromatic heterocycles. The Balaban J connectivity index is 2.01. The Bertz CT molecular complexity index is 526. The van der Waals surface area contributed by atoms with Gasteiger partial charge in [-0.05, 0) is 13.3 Å². The van der Waals surface area contributed by atoms with E-state index in [0.717, 1.165) is 17.7 Å². The maximum absolute atomic E-state index is 11.9. The molecule has 0 radical (unpaired) electrons. The first-order valence-electron chi connectivity index (χ1n) is 6.45. The van der Waals surface area contributed by atoms with Crippen LogP contribution < -0.4 is 5.73 Å². The number of carbonyl (C=O) groups excluding carboxylic acids is 2. The van der Waals surface area contributed by atoms with Crippen LogP contribution in [0.3, 0.4) is 0 Å². The quantitative estimate of drug-likeness (QED) is 0.754. The molecule has 102 valence electrons. The SMILES string of the molecule is Cc1[nH]ncc1C1C2CCC(=O)N2CCN1C(N)=O. The Hall–Kier alpha value is -2.05. The zero-order valence-corrected chi connectivity index (χ0v) is 10.8. The van der Waals surface area contributed by atoms with E-state index < -0.39 is 6.03 Å². The predicted octanol–water partition coefficient (Wildman–Crippen LogP) is 0.145. The van der Waals surface area contributed by atoms with E-state index in [1.165, 1.54) is 0 Å². The number of nitrogens with zero attached hydrogens (tertiary/aromatic N) is 3. The van der Waals surface area contributed by atoms with Gasteiger partial charge in [0.05, 0.1) is 18.3 Å². The Morgan fingerprint density at radius 3 is 2.95 bits per heavy atom. The van der Waals surface area contributed by atoms with Crippen molar-refractivity contribution >= 4 is 11.9 Å². The molecule has 3 N–H and O–H groups in total. The molecule has 3 amide bonds. The summed E-state index contributed by atoms with van der Waals surface area (Å²) in [5, 5.41) is 6.90. The second kappa shape index (κ2) is 4.25. The van der Waals surface area contributed by atoms with Gasteiger partial charge in [0.2, 0.25) is 5.91 Å². The smallest absolute Gasteiger partial charge is 0.315 e. The second-order valence-corrected chi connectivity index (χ2v) is 5.12. The number of nitrogens with one attached hydrogen (secondary N) is 1. The van der Waals surface area contributed by atoms with Crippen molar-refractivity contribution in [2.24, 2.45) is 5.73 Å². The average Bonchev–Trinajstić information content (AvgIpc) is 2.95. The lowest BCUT2D eigenvalue weighted by atomic mass is 9.94. The highest BCUT2D eigenvalue weighted by Gasteiger charge is 2.45. The molecule has 7 nitrogen and oxygen atoms in total. The molecule has 0 spiro atoms. The van der Waals surface area contributed by atoms with Gasteiger partial charge in [0.1, 0.15) is 0 Å². The van der Waals surface area contributed by atoms with Crippen molar-refractivity contribution in [3.63, 3.8) is 0 Å². The third kappa shape index (κ3) is 1.76. The number of hydrogen-bond donors (Lipinski definition) is 2. The summed E-state index contributed by atoms with van der Waals surface area (Å²) >= 11 is 0. The molecule has 0 bridgehead atoms.